The predicted octanol–water partition coefficient (Wildman–Crippen LogP) is 3.92. The van der Waals surface area contributed by atoms with Crippen LogP contribution in [0.4, 0.5) is 16.2 Å². The Morgan fingerprint density at radius 1 is 1.19 bits per heavy atom. The molecule has 0 radical (unpaired) electrons. The lowest BCUT2D eigenvalue weighted by Crippen LogP contribution is -2.11. The van der Waals surface area contributed by atoms with Crippen LogP contribution in [-0.2, 0) is 0 Å². The number of aryl methyl sites for hydroxylation is 1. The third-order valence-electron chi connectivity index (χ3n) is 3.12. The largest absolute Gasteiger partial charge is 0.363 e. The fourth-order valence-corrected chi connectivity index (χ4v) is 2.01. The van der Waals surface area contributed by atoms with E-state index in [-0.39, 0.29) is 11.9 Å². The SMILES string of the molecule is CCCNc1nc(C)cc(NC(C)c2ccc(F)cc2)n1. The van der Waals surface area contributed by atoms with Crippen LogP contribution in [0.3, 0.4) is 0 Å². The maximum absolute atomic E-state index is 13.0. The van der Waals surface area contributed by atoms with Crippen molar-refractivity contribution in [2.45, 2.75) is 33.2 Å². The summed E-state index contributed by atoms with van der Waals surface area (Å²) >= 11 is 0. The Hall–Kier alpha value is -2.17. The minimum atomic E-state index is -0.227. The van der Waals surface area contributed by atoms with Crippen molar-refractivity contribution in [3.63, 3.8) is 0 Å². The molecule has 2 N–H and O–H groups in total. The Bertz CT molecular complexity index is 583. The van der Waals surface area contributed by atoms with Crippen molar-refractivity contribution >= 4 is 11.8 Å². The van der Waals surface area contributed by atoms with E-state index in [1.165, 1.54) is 12.1 Å². The highest BCUT2D eigenvalue weighted by molar-refractivity contribution is 5.44. The molecule has 1 heterocycles. The van der Waals surface area contributed by atoms with Crippen LogP contribution < -0.4 is 10.6 Å². The number of nitrogens with zero attached hydrogens (tertiary/aromatic N) is 2. The smallest absolute Gasteiger partial charge is 0.224 e. The molecule has 0 aliphatic rings. The molecule has 1 atom stereocenters. The standard InChI is InChI=1S/C16H21FN4/c1-4-9-18-16-19-11(2)10-15(21-16)20-12(3)13-5-7-14(17)8-6-13/h5-8,10,12H,4,9H2,1-3H3,(H2,18,19,20,21). The van der Waals surface area contributed by atoms with E-state index in [1.807, 2.05) is 19.9 Å². The molecule has 0 spiro atoms. The van der Waals surface area contributed by atoms with Crippen molar-refractivity contribution in [3.8, 4) is 0 Å². The molecule has 2 aromatic rings. The van der Waals surface area contributed by atoms with Gasteiger partial charge in [-0.1, -0.05) is 19.1 Å². The van der Waals surface area contributed by atoms with Crippen LogP contribution in [0.1, 0.15) is 37.6 Å². The zero-order valence-corrected chi connectivity index (χ0v) is 12.7. The van der Waals surface area contributed by atoms with Gasteiger partial charge in [-0.05, 0) is 38.0 Å². The number of aromatic nitrogens is 2. The molecule has 0 saturated carbocycles. The van der Waals surface area contributed by atoms with Crippen LogP contribution >= 0.6 is 0 Å². The van der Waals surface area contributed by atoms with Crippen LogP contribution in [-0.4, -0.2) is 16.5 Å². The van der Waals surface area contributed by atoms with Gasteiger partial charge >= 0.3 is 0 Å². The average molecular weight is 288 g/mol. The predicted molar refractivity (Wildman–Crippen MR) is 84.0 cm³/mol. The van der Waals surface area contributed by atoms with Gasteiger partial charge in [0.25, 0.3) is 0 Å². The summed E-state index contributed by atoms with van der Waals surface area (Å²) in [5, 5.41) is 6.51. The van der Waals surface area contributed by atoms with Crippen LogP contribution in [0.25, 0.3) is 0 Å². The number of benzene rings is 1. The molecule has 1 aromatic carbocycles. The third kappa shape index (κ3) is 4.41. The van der Waals surface area contributed by atoms with E-state index in [4.69, 9.17) is 0 Å². The summed E-state index contributed by atoms with van der Waals surface area (Å²) in [6.07, 6.45) is 1.02. The van der Waals surface area contributed by atoms with E-state index in [0.29, 0.717) is 5.95 Å². The normalized spacial score (nSPS) is 12.0. The van der Waals surface area contributed by atoms with Crippen molar-refractivity contribution in [2.75, 3.05) is 17.2 Å². The van der Waals surface area contributed by atoms with Gasteiger partial charge in [-0.25, -0.2) is 9.37 Å². The Morgan fingerprint density at radius 3 is 2.57 bits per heavy atom. The quantitative estimate of drug-likeness (QED) is 0.846. The summed E-state index contributed by atoms with van der Waals surface area (Å²) in [4.78, 5) is 8.80. The van der Waals surface area contributed by atoms with Crippen molar-refractivity contribution in [2.24, 2.45) is 0 Å². The van der Waals surface area contributed by atoms with Gasteiger partial charge in [0.05, 0.1) is 0 Å². The number of hydrogen-bond acceptors (Lipinski definition) is 4. The van der Waals surface area contributed by atoms with Gasteiger partial charge in [0, 0.05) is 24.3 Å². The summed E-state index contributed by atoms with van der Waals surface area (Å²) < 4.78 is 13.0. The summed E-state index contributed by atoms with van der Waals surface area (Å²) in [6.45, 7) is 6.89. The molecule has 0 aliphatic heterocycles. The molecule has 0 bridgehead atoms. The van der Waals surface area contributed by atoms with Crippen LogP contribution in [0, 0.1) is 12.7 Å². The lowest BCUT2D eigenvalue weighted by atomic mass is 10.1. The highest BCUT2D eigenvalue weighted by Gasteiger charge is 2.08. The van der Waals surface area contributed by atoms with Crippen molar-refractivity contribution in [1.82, 2.24) is 9.97 Å². The van der Waals surface area contributed by atoms with Crippen molar-refractivity contribution in [3.05, 3.63) is 47.4 Å². The van der Waals surface area contributed by atoms with Gasteiger partial charge in [-0.15, -0.1) is 0 Å². The Labute approximate surface area is 124 Å². The Morgan fingerprint density at radius 2 is 1.90 bits per heavy atom. The molecule has 0 fully saturated rings. The first-order valence-electron chi connectivity index (χ1n) is 7.20. The Kier molecular flexibility index (Phi) is 5.09. The van der Waals surface area contributed by atoms with Crippen molar-refractivity contribution < 1.29 is 4.39 Å². The van der Waals surface area contributed by atoms with Crippen LogP contribution in [0.5, 0.6) is 0 Å². The number of hydrogen-bond donors (Lipinski definition) is 2. The van der Waals surface area contributed by atoms with Crippen LogP contribution in [0.15, 0.2) is 30.3 Å². The molecule has 1 unspecified atom stereocenters. The molecule has 0 aliphatic carbocycles. The van der Waals surface area contributed by atoms with E-state index >= 15 is 0 Å². The summed E-state index contributed by atoms with van der Waals surface area (Å²) in [6, 6.07) is 8.42. The zero-order valence-electron chi connectivity index (χ0n) is 12.7. The lowest BCUT2D eigenvalue weighted by Gasteiger charge is -2.16. The molecular formula is C16H21FN4. The third-order valence-corrected chi connectivity index (χ3v) is 3.12. The van der Waals surface area contributed by atoms with Gasteiger partial charge in [0.1, 0.15) is 11.6 Å². The minimum Gasteiger partial charge on any atom is -0.363 e. The van der Waals surface area contributed by atoms with Crippen LogP contribution in [0.2, 0.25) is 0 Å². The zero-order chi connectivity index (χ0) is 15.2. The highest BCUT2D eigenvalue weighted by atomic mass is 19.1. The monoisotopic (exact) mass is 288 g/mol. The summed E-state index contributed by atoms with van der Waals surface area (Å²) in [7, 11) is 0. The Balaban J connectivity index is 2.10. The molecule has 0 amide bonds. The molecule has 0 saturated heterocycles. The minimum absolute atomic E-state index is 0.0407. The molecule has 112 valence electrons. The van der Waals surface area contributed by atoms with E-state index in [0.717, 1.165) is 30.0 Å². The first kappa shape index (κ1) is 15.2. The van der Waals surface area contributed by atoms with Gasteiger partial charge < -0.3 is 10.6 Å². The highest BCUT2D eigenvalue weighted by Crippen LogP contribution is 2.19. The second-order valence-electron chi connectivity index (χ2n) is 5.06. The maximum Gasteiger partial charge on any atom is 0.224 e. The van der Waals surface area contributed by atoms with E-state index in [2.05, 4.69) is 27.5 Å². The fraction of sp³-hybridized carbons (Fsp3) is 0.375. The van der Waals surface area contributed by atoms with Gasteiger partial charge in [0.15, 0.2) is 0 Å². The summed E-state index contributed by atoms with van der Waals surface area (Å²) in [5.74, 6) is 1.17. The second kappa shape index (κ2) is 7.02. The number of rotatable bonds is 6. The van der Waals surface area contributed by atoms with Gasteiger partial charge in [-0.2, -0.15) is 4.98 Å². The van der Waals surface area contributed by atoms with Gasteiger partial charge in [0.2, 0.25) is 5.95 Å². The first-order chi connectivity index (χ1) is 10.1. The number of halogens is 1. The molecule has 5 heteroatoms. The number of nitrogens with one attached hydrogen (secondary N) is 2. The average Bonchev–Trinajstić information content (AvgIpc) is 2.45. The molecule has 1 aromatic heterocycles. The molecular weight excluding hydrogens is 267 g/mol. The molecule has 21 heavy (non-hydrogen) atoms. The van der Waals surface area contributed by atoms with Gasteiger partial charge in [-0.3, -0.25) is 0 Å². The first-order valence-corrected chi connectivity index (χ1v) is 7.20. The summed E-state index contributed by atoms with van der Waals surface area (Å²) in [5.41, 5.74) is 1.91. The van der Waals surface area contributed by atoms with Crippen molar-refractivity contribution in [1.29, 1.82) is 0 Å². The number of anilines is 2. The van der Waals surface area contributed by atoms with E-state index in [9.17, 15) is 4.39 Å². The lowest BCUT2D eigenvalue weighted by molar-refractivity contribution is 0.626. The second-order valence-corrected chi connectivity index (χ2v) is 5.06. The molecule has 2 rings (SSSR count). The van der Waals surface area contributed by atoms with E-state index < -0.39 is 0 Å². The topological polar surface area (TPSA) is 49.8 Å². The van der Waals surface area contributed by atoms with E-state index in [1.54, 1.807) is 12.1 Å². The maximum atomic E-state index is 13.0. The fourth-order valence-electron chi connectivity index (χ4n) is 2.01. The molecule has 4 nitrogen and oxygen atoms in total.